The van der Waals surface area contributed by atoms with Crippen molar-refractivity contribution in [3.63, 3.8) is 0 Å². The van der Waals surface area contributed by atoms with E-state index in [1.807, 2.05) is 48.5 Å². The summed E-state index contributed by atoms with van der Waals surface area (Å²) in [6.07, 6.45) is 4.41. The lowest BCUT2D eigenvalue weighted by Gasteiger charge is -2.05. The maximum Gasteiger partial charge on any atom is 0.119 e. The Labute approximate surface area is 144 Å². The molecule has 2 aromatic rings. The number of rotatable bonds is 10. The Morgan fingerprint density at radius 1 is 0.625 bits per heavy atom. The minimum atomic E-state index is 0.754. The van der Waals surface area contributed by atoms with Crippen LogP contribution in [0.4, 0.5) is 11.4 Å². The molecule has 0 amide bonds. The van der Waals surface area contributed by atoms with E-state index in [-0.39, 0.29) is 0 Å². The summed E-state index contributed by atoms with van der Waals surface area (Å²) in [5.41, 5.74) is 1.61. The molecule has 0 saturated heterocycles. The molecule has 0 aromatic heterocycles. The topological polar surface area (TPSA) is 43.2 Å². The molecule has 0 spiro atoms. The summed E-state index contributed by atoms with van der Waals surface area (Å²) < 4.78 is 11.3. The second-order valence-corrected chi connectivity index (χ2v) is 5.59. The van der Waals surface area contributed by atoms with Crippen molar-refractivity contribution in [3.8, 4) is 11.5 Å². The summed E-state index contributed by atoms with van der Waals surface area (Å²) in [7, 11) is 0. The third kappa shape index (κ3) is 6.41. The summed E-state index contributed by atoms with van der Waals surface area (Å²) in [6.45, 7) is 5.81. The SMILES string of the molecule is CCCCOc1ccc(/N=N/c2ccc(OCCCC)cc2)cc1. The van der Waals surface area contributed by atoms with E-state index in [4.69, 9.17) is 9.47 Å². The number of benzene rings is 2. The van der Waals surface area contributed by atoms with Gasteiger partial charge in [-0.1, -0.05) is 26.7 Å². The minimum Gasteiger partial charge on any atom is -0.494 e. The molecule has 0 heterocycles. The first kappa shape index (κ1) is 18.0. The zero-order chi connectivity index (χ0) is 17.0. The van der Waals surface area contributed by atoms with E-state index in [1.54, 1.807) is 0 Å². The molecular weight excluding hydrogens is 300 g/mol. The third-order valence-corrected chi connectivity index (χ3v) is 3.49. The fourth-order valence-corrected chi connectivity index (χ4v) is 2.00. The van der Waals surface area contributed by atoms with E-state index in [1.165, 1.54) is 0 Å². The summed E-state index contributed by atoms with van der Waals surface area (Å²) in [6, 6.07) is 15.3. The highest BCUT2D eigenvalue weighted by atomic mass is 16.5. The normalized spacial score (nSPS) is 10.9. The van der Waals surface area contributed by atoms with Crippen LogP contribution in [0.15, 0.2) is 58.8 Å². The van der Waals surface area contributed by atoms with Crippen molar-refractivity contribution in [1.29, 1.82) is 0 Å². The highest BCUT2D eigenvalue weighted by Gasteiger charge is 1.96. The number of hydrogen-bond acceptors (Lipinski definition) is 4. The Balaban J connectivity index is 1.86. The van der Waals surface area contributed by atoms with Crippen LogP contribution >= 0.6 is 0 Å². The van der Waals surface area contributed by atoms with Crippen LogP contribution in [0.25, 0.3) is 0 Å². The van der Waals surface area contributed by atoms with Crippen LogP contribution in [0.2, 0.25) is 0 Å². The fraction of sp³-hybridized carbons (Fsp3) is 0.400. The fourth-order valence-electron chi connectivity index (χ4n) is 2.00. The van der Waals surface area contributed by atoms with Crippen LogP contribution < -0.4 is 9.47 Å². The predicted molar refractivity (Wildman–Crippen MR) is 97.9 cm³/mol. The molecule has 24 heavy (non-hydrogen) atoms. The summed E-state index contributed by atoms with van der Waals surface area (Å²) in [5.74, 6) is 1.74. The van der Waals surface area contributed by atoms with Gasteiger partial charge in [0.05, 0.1) is 24.6 Å². The van der Waals surface area contributed by atoms with E-state index in [9.17, 15) is 0 Å². The van der Waals surface area contributed by atoms with Gasteiger partial charge in [0.25, 0.3) is 0 Å². The van der Waals surface area contributed by atoms with Crippen molar-refractivity contribution in [1.82, 2.24) is 0 Å². The van der Waals surface area contributed by atoms with E-state index in [0.29, 0.717) is 0 Å². The quantitative estimate of drug-likeness (QED) is 0.371. The maximum absolute atomic E-state index is 5.63. The molecule has 0 N–H and O–H groups in total. The van der Waals surface area contributed by atoms with Crippen molar-refractivity contribution >= 4 is 11.4 Å². The molecule has 0 aliphatic rings. The Kier molecular flexibility index (Phi) is 7.81. The first-order valence-corrected chi connectivity index (χ1v) is 8.69. The highest BCUT2D eigenvalue weighted by molar-refractivity contribution is 5.44. The van der Waals surface area contributed by atoms with E-state index < -0.39 is 0 Å². The van der Waals surface area contributed by atoms with Gasteiger partial charge in [0.2, 0.25) is 0 Å². The molecule has 0 bridgehead atoms. The number of azo groups is 1. The van der Waals surface area contributed by atoms with Crippen LogP contribution in [0.5, 0.6) is 11.5 Å². The number of unbranched alkanes of at least 4 members (excludes halogenated alkanes) is 2. The van der Waals surface area contributed by atoms with Gasteiger partial charge in [-0.3, -0.25) is 0 Å². The largest absolute Gasteiger partial charge is 0.494 e. The summed E-state index contributed by atoms with van der Waals surface area (Å²) >= 11 is 0. The van der Waals surface area contributed by atoms with Gasteiger partial charge in [-0.2, -0.15) is 10.2 Å². The second kappa shape index (κ2) is 10.4. The van der Waals surface area contributed by atoms with Crippen molar-refractivity contribution in [2.24, 2.45) is 10.2 Å². The van der Waals surface area contributed by atoms with Gasteiger partial charge in [-0.05, 0) is 61.4 Å². The molecule has 0 saturated carbocycles. The molecule has 0 radical (unpaired) electrons. The van der Waals surface area contributed by atoms with Crippen LogP contribution in [0.1, 0.15) is 39.5 Å². The molecular formula is C20H26N2O2. The summed E-state index contributed by atoms with van der Waals surface area (Å²) in [4.78, 5) is 0. The average Bonchev–Trinajstić information content (AvgIpc) is 2.63. The van der Waals surface area contributed by atoms with Gasteiger partial charge in [0, 0.05) is 0 Å². The van der Waals surface area contributed by atoms with Crippen molar-refractivity contribution in [2.75, 3.05) is 13.2 Å². The van der Waals surface area contributed by atoms with Gasteiger partial charge in [-0.25, -0.2) is 0 Å². The first-order valence-electron chi connectivity index (χ1n) is 8.69. The van der Waals surface area contributed by atoms with Gasteiger partial charge >= 0.3 is 0 Å². The number of ether oxygens (including phenoxy) is 2. The molecule has 0 aliphatic carbocycles. The lowest BCUT2D eigenvalue weighted by atomic mass is 10.3. The Hall–Kier alpha value is -2.36. The van der Waals surface area contributed by atoms with Gasteiger partial charge in [0.1, 0.15) is 11.5 Å². The van der Waals surface area contributed by atoms with Crippen LogP contribution in [0, 0.1) is 0 Å². The van der Waals surface area contributed by atoms with Gasteiger partial charge < -0.3 is 9.47 Å². The minimum absolute atomic E-state index is 0.754. The average molecular weight is 326 g/mol. The lowest BCUT2D eigenvalue weighted by Crippen LogP contribution is -1.95. The molecule has 0 atom stereocenters. The van der Waals surface area contributed by atoms with Gasteiger partial charge in [-0.15, -0.1) is 0 Å². The molecule has 0 fully saturated rings. The molecule has 0 aliphatic heterocycles. The molecule has 2 rings (SSSR count). The number of hydrogen-bond donors (Lipinski definition) is 0. The van der Waals surface area contributed by atoms with E-state index in [0.717, 1.165) is 61.8 Å². The van der Waals surface area contributed by atoms with Crippen molar-refractivity contribution in [3.05, 3.63) is 48.5 Å². The number of nitrogens with zero attached hydrogens (tertiary/aromatic N) is 2. The van der Waals surface area contributed by atoms with Gasteiger partial charge in [0.15, 0.2) is 0 Å². The van der Waals surface area contributed by atoms with E-state index in [2.05, 4.69) is 24.1 Å². The van der Waals surface area contributed by atoms with Crippen molar-refractivity contribution < 1.29 is 9.47 Å². The highest BCUT2D eigenvalue weighted by Crippen LogP contribution is 2.23. The molecule has 128 valence electrons. The zero-order valence-electron chi connectivity index (χ0n) is 14.6. The third-order valence-electron chi connectivity index (χ3n) is 3.49. The molecule has 0 unspecified atom stereocenters. The van der Waals surface area contributed by atoms with Crippen LogP contribution in [-0.4, -0.2) is 13.2 Å². The smallest absolute Gasteiger partial charge is 0.119 e. The Morgan fingerprint density at radius 3 is 1.33 bits per heavy atom. The predicted octanol–water partition coefficient (Wildman–Crippen LogP) is 6.46. The van der Waals surface area contributed by atoms with Crippen LogP contribution in [-0.2, 0) is 0 Å². The lowest BCUT2D eigenvalue weighted by molar-refractivity contribution is 0.309. The maximum atomic E-state index is 5.63. The zero-order valence-corrected chi connectivity index (χ0v) is 14.6. The Bertz CT molecular complexity index is 551. The van der Waals surface area contributed by atoms with E-state index >= 15 is 0 Å². The standard InChI is InChI=1S/C20H26N2O2/c1-3-5-15-23-19-11-7-17(8-12-19)21-22-18-9-13-20(14-10-18)24-16-6-4-2/h7-14H,3-6,15-16H2,1-2H3/b22-21+. The molecule has 2 aromatic carbocycles. The van der Waals surface area contributed by atoms with Crippen molar-refractivity contribution in [2.45, 2.75) is 39.5 Å². The van der Waals surface area contributed by atoms with Crippen LogP contribution in [0.3, 0.4) is 0 Å². The first-order chi connectivity index (χ1) is 11.8. The monoisotopic (exact) mass is 326 g/mol. The summed E-state index contributed by atoms with van der Waals surface area (Å²) in [5, 5.41) is 8.50. The molecule has 4 nitrogen and oxygen atoms in total. The molecule has 4 heteroatoms. The Morgan fingerprint density at radius 2 is 1.00 bits per heavy atom. The second-order valence-electron chi connectivity index (χ2n) is 5.59.